The first-order valence-electron chi connectivity index (χ1n) is 6.34. The summed E-state index contributed by atoms with van der Waals surface area (Å²) < 4.78 is 0. The maximum Gasteiger partial charge on any atom is 0.220 e. The van der Waals surface area contributed by atoms with Crippen molar-refractivity contribution in [3.63, 3.8) is 0 Å². The van der Waals surface area contributed by atoms with E-state index < -0.39 is 0 Å². The van der Waals surface area contributed by atoms with Crippen LogP contribution < -0.4 is 10.6 Å². The van der Waals surface area contributed by atoms with Gasteiger partial charge in [0.1, 0.15) is 0 Å². The Bertz CT molecular complexity index is 331. The van der Waals surface area contributed by atoms with E-state index in [4.69, 9.17) is 0 Å². The molecule has 1 aliphatic rings. The normalized spacial score (nSPS) is 20.1. The van der Waals surface area contributed by atoms with E-state index in [1.165, 1.54) is 17.7 Å². The summed E-state index contributed by atoms with van der Waals surface area (Å²) in [7, 11) is 0. The van der Waals surface area contributed by atoms with Gasteiger partial charge in [0, 0.05) is 17.8 Å². The van der Waals surface area contributed by atoms with Crippen LogP contribution in [0.25, 0.3) is 0 Å². The van der Waals surface area contributed by atoms with Crippen LogP contribution in [0.1, 0.15) is 24.1 Å². The van der Waals surface area contributed by atoms with Gasteiger partial charge in [-0.2, -0.15) is 0 Å². The van der Waals surface area contributed by atoms with Crippen LogP contribution in [0.3, 0.4) is 0 Å². The van der Waals surface area contributed by atoms with Gasteiger partial charge < -0.3 is 10.6 Å². The van der Waals surface area contributed by atoms with E-state index in [1.54, 1.807) is 11.3 Å². The minimum atomic E-state index is 0.204. The molecule has 4 heteroatoms. The average molecular weight is 252 g/mol. The fourth-order valence-corrected chi connectivity index (χ4v) is 2.92. The molecule has 1 atom stereocenters. The molecule has 1 amide bonds. The zero-order valence-corrected chi connectivity index (χ0v) is 10.9. The van der Waals surface area contributed by atoms with Gasteiger partial charge in [-0.25, -0.2) is 0 Å². The molecule has 3 nitrogen and oxygen atoms in total. The lowest BCUT2D eigenvalue weighted by Crippen LogP contribution is -2.34. The molecular weight excluding hydrogens is 232 g/mol. The molecule has 1 saturated heterocycles. The molecule has 2 heterocycles. The number of amides is 1. The second kappa shape index (κ2) is 6.77. The number of hydrogen-bond acceptors (Lipinski definition) is 3. The van der Waals surface area contributed by atoms with E-state index in [0.29, 0.717) is 12.3 Å². The van der Waals surface area contributed by atoms with E-state index in [2.05, 4.69) is 28.1 Å². The summed E-state index contributed by atoms with van der Waals surface area (Å²) in [5.41, 5.74) is 0. The van der Waals surface area contributed by atoms with Gasteiger partial charge in [0.25, 0.3) is 0 Å². The maximum atomic E-state index is 11.7. The van der Waals surface area contributed by atoms with Crippen molar-refractivity contribution in [3.8, 4) is 0 Å². The van der Waals surface area contributed by atoms with Crippen molar-refractivity contribution in [1.82, 2.24) is 10.6 Å². The Morgan fingerprint density at radius 2 is 2.53 bits per heavy atom. The number of rotatable bonds is 5. The predicted octanol–water partition coefficient (Wildman–Crippen LogP) is 1.80. The van der Waals surface area contributed by atoms with Gasteiger partial charge in [0.2, 0.25) is 5.91 Å². The van der Waals surface area contributed by atoms with Crippen LogP contribution in [0, 0.1) is 5.92 Å². The Kier molecular flexibility index (Phi) is 5.01. The summed E-state index contributed by atoms with van der Waals surface area (Å²) in [5, 5.41) is 8.42. The minimum absolute atomic E-state index is 0.204. The highest BCUT2D eigenvalue weighted by Crippen LogP contribution is 2.13. The van der Waals surface area contributed by atoms with Crippen molar-refractivity contribution in [1.29, 1.82) is 0 Å². The number of carbonyl (C=O) groups excluding carboxylic acids is 1. The maximum absolute atomic E-state index is 11.7. The highest BCUT2D eigenvalue weighted by Gasteiger charge is 2.16. The third-order valence-corrected chi connectivity index (χ3v) is 4.08. The van der Waals surface area contributed by atoms with Crippen molar-refractivity contribution in [2.24, 2.45) is 5.92 Å². The molecule has 1 unspecified atom stereocenters. The van der Waals surface area contributed by atoms with Gasteiger partial charge in [-0.05, 0) is 49.7 Å². The van der Waals surface area contributed by atoms with Crippen molar-refractivity contribution in [2.75, 3.05) is 19.6 Å². The van der Waals surface area contributed by atoms with Crippen molar-refractivity contribution < 1.29 is 4.79 Å². The summed E-state index contributed by atoms with van der Waals surface area (Å²) in [5.74, 6) is 0.737. The quantitative estimate of drug-likeness (QED) is 0.839. The molecule has 2 N–H and O–H groups in total. The zero-order chi connectivity index (χ0) is 11.9. The molecule has 0 bridgehead atoms. The SMILES string of the molecule is O=C(CC1CCCNC1)NCCc1cccs1. The summed E-state index contributed by atoms with van der Waals surface area (Å²) in [6.07, 6.45) is 4.02. The Balaban J connectivity index is 1.60. The van der Waals surface area contributed by atoms with Crippen LogP contribution >= 0.6 is 11.3 Å². The van der Waals surface area contributed by atoms with Gasteiger partial charge in [0.05, 0.1) is 0 Å². The van der Waals surface area contributed by atoms with Crippen LogP contribution in [0.2, 0.25) is 0 Å². The highest BCUT2D eigenvalue weighted by molar-refractivity contribution is 7.09. The Labute approximate surface area is 107 Å². The second-order valence-corrected chi connectivity index (χ2v) is 5.63. The molecule has 0 spiro atoms. The first-order chi connectivity index (χ1) is 8.34. The second-order valence-electron chi connectivity index (χ2n) is 4.60. The van der Waals surface area contributed by atoms with Gasteiger partial charge in [-0.3, -0.25) is 4.79 Å². The van der Waals surface area contributed by atoms with E-state index in [0.717, 1.165) is 26.1 Å². The van der Waals surface area contributed by atoms with Gasteiger partial charge in [-0.1, -0.05) is 6.07 Å². The van der Waals surface area contributed by atoms with Crippen molar-refractivity contribution in [2.45, 2.75) is 25.7 Å². The van der Waals surface area contributed by atoms with Crippen molar-refractivity contribution >= 4 is 17.2 Å². The Morgan fingerprint density at radius 3 is 3.24 bits per heavy atom. The van der Waals surface area contributed by atoms with Gasteiger partial charge in [-0.15, -0.1) is 11.3 Å². The molecule has 1 fully saturated rings. The lowest BCUT2D eigenvalue weighted by atomic mass is 9.96. The van der Waals surface area contributed by atoms with Crippen LogP contribution in [-0.2, 0) is 11.2 Å². The molecule has 0 aliphatic carbocycles. The fourth-order valence-electron chi connectivity index (χ4n) is 2.21. The fraction of sp³-hybridized carbons (Fsp3) is 0.615. The molecule has 17 heavy (non-hydrogen) atoms. The molecule has 2 rings (SSSR count). The molecule has 94 valence electrons. The van der Waals surface area contributed by atoms with Crippen LogP contribution in [-0.4, -0.2) is 25.5 Å². The molecule has 0 saturated carbocycles. The predicted molar refractivity (Wildman–Crippen MR) is 71.2 cm³/mol. The molecule has 0 radical (unpaired) electrons. The van der Waals surface area contributed by atoms with Crippen LogP contribution in [0.5, 0.6) is 0 Å². The number of thiophene rings is 1. The number of hydrogen-bond donors (Lipinski definition) is 2. The summed E-state index contributed by atoms with van der Waals surface area (Å²) in [6.45, 7) is 2.87. The first kappa shape index (κ1) is 12.6. The third-order valence-electron chi connectivity index (χ3n) is 3.15. The third kappa shape index (κ3) is 4.48. The summed E-state index contributed by atoms with van der Waals surface area (Å²) in [6, 6.07) is 4.16. The minimum Gasteiger partial charge on any atom is -0.356 e. The zero-order valence-electron chi connectivity index (χ0n) is 10.1. The standard InChI is InChI=1S/C13H20N2OS/c16-13(9-11-3-1-6-14-10-11)15-7-5-12-4-2-8-17-12/h2,4,8,11,14H,1,3,5-7,9-10H2,(H,15,16). The van der Waals surface area contributed by atoms with E-state index in [1.807, 2.05) is 0 Å². The topological polar surface area (TPSA) is 41.1 Å². The molecule has 1 aromatic heterocycles. The number of carbonyl (C=O) groups is 1. The first-order valence-corrected chi connectivity index (χ1v) is 7.22. The monoisotopic (exact) mass is 252 g/mol. The molecular formula is C13H20N2OS. The van der Waals surface area contributed by atoms with Crippen LogP contribution in [0.15, 0.2) is 17.5 Å². The highest BCUT2D eigenvalue weighted by atomic mass is 32.1. The largest absolute Gasteiger partial charge is 0.356 e. The number of piperidine rings is 1. The van der Waals surface area contributed by atoms with E-state index in [9.17, 15) is 4.79 Å². The summed E-state index contributed by atoms with van der Waals surface area (Å²) in [4.78, 5) is 13.0. The van der Waals surface area contributed by atoms with E-state index in [-0.39, 0.29) is 5.91 Å². The van der Waals surface area contributed by atoms with Crippen LogP contribution in [0.4, 0.5) is 0 Å². The molecule has 1 aromatic rings. The molecule has 1 aliphatic heterocycles. The van der Waals surface area contributed by atoms with Gasteiger partial charge in [0.15, 0.2) is 0 Å². The Morgan fingerprint density at radius 1 is 1.59 bits per heavy atom. The van der Waals surface area contributed by atoms with Gasteiger partial charge >= 0.3 is 0 Å². The lowest BCUT2D eigenvalue weighted by Gasteiger charge is -2.22. The smallest absolute Gasteiger partial charge is 0.220 e. The average Bonchev–Trinajstić information content (AvgIpc) is 2.83. The Hall–Kier alpha value is -0.870. The lowest BCUT2D eigenvalue weighted by molar-refractivity contribution is -0.122. The van der Waals surface area contributed by atoms with E-state index >= 15 is 0 Å². The number of nitrogens with one attached hydrogen (secondary N) is 2. The van der Waals surface area contributed by atoms with Crippen molar-refractivity contribution in [3.05, 3.63) is 22.4 Å². The molecule has 0 aromatic carbocycles. The summed E-state index contributed by atoms with van der Waals surface area (Å²) >= 11 is 1.75.